The highest BCUT2D eigenvalue weighted by molar-refractivity contribution is 5.68. The summed E-state index contributed by atoms with van der Waals surface area (Å²) in [4.78, 5) is 45.0. The Kier molecular flexibility index (Phi) is 7.11. The van der Waals surface area contributed by atoms with E-state index in [2.05, 4.69) is 5.73 Å². The molecule has 1 heterocycles. The zero-order valence-corrected chi connectivity index (χ0v) is 14.0. The van der Waals surface area contributed by atoms with E-state index in [1.54, 1.807) is 0 Å². The number of ether oxygens (including phenoxy) is 5. The Labute approximate surface area is 138 Å². The van der Waals surface area contributed by atoms with Crippen LogP contribution in [0.25, 0.3) is 0 Å². The van der Waals surface area contributed by atoms with Crippen molar-refractivity contribution in [2.24, 2.45) is 0 Å². The lowest BCUT2D eigenvalue weighted by molar-refractivity contribution is -0.496. The summed E-state index contributed by atoms with van der Waals surface area (Å²) in [6.07, 6.45) is -4.26. The third kappa shape index (κ3) is 5.78. The fourth-order valence-corrected chi connectivity index (χ4v) is 2.25. The molecule has 10 heteroatoms. The molecule has 1 saturated heterocycles. The minimum absolute atomic E-state index is 0.282. The highest BCUT2D eigenvalue weighted by Crippen LogP contribution is 2.25. The smallest absolute Gasteiger partial charge is 0.305 e. The Morgan fingerprint density at radius 1 is 0.833 bits per heavy atom. The lowest BCUT2D eigenvalue weighted by atomic mass is 9.97. The average molecular weight is 348 g/mol. The second kappa shape index (κ2) is 8.60. The Hall–Kier alpha value is -2.20. The summed E-state index contributed by atoms with van der Waals surface area (Å²) in [5.74, 6) is -2.50. The van der Waals surface area contributed by atoms with E-state index in [4.69, 9.17) is 23.7 Å². The van der Waals surface area contributed by atoms with Crippen molar-refractivity contribution in [2.45, 2.75) is 58.3 Å². The molecule has 0 aromatic rings. The van der Waals surface area contributed by atoms with E-state index >= 15 is 0 Å². The Bertz CT molecular complexity index is 490. The van der Waals surface area contributed by atoms with Crippen molar-refractivity contribution < 1.29 is 48.6 Å². The fraction of sp³-hybridized carbons (Fsp3) is 0.714. The van der Waals surface area contributed by atoms with Crippen molar-refractivity contribution in [3.63, 3.8) is 0 Å². The highest BCUT2D eigenvalue weighted by atomic mass is 16.7. The molecule has 0 bridgehead atoms. The van der Waals surface area contributed by atoms with Crippen molar-refractivity contribution in [2.75, 3.05) is 6.61 Å². The number of carbonyl (C=O) groups is 4. The number of quaternary nitrogens is 1. The maximum absolute atomic E-state index is 11.4. The summed E-state index contributed by atoms with van der Waals surface area (Å²) in [7, 11) is 0. The first-order valence-electron chi connectivity index (χ1n) is 7.25. The van der Waals surface area contributed by atoms with E-state index in [1.165, 1.54) is 27.7 Å². The first kappa shape index (κ1) is 19.8. The maximum Gasteiger partial charge on any atom is 0.305 e. The van der Waals surface area contributed by atoms with Crippen molar-refractivity contribution in [3.05, 3.63) is 0 Å². The van der Waals surface area contributed by atoms with Gasteiger partial charge in [-0.05, 0) is 0 Å². The van der Waals surface area contributed by atoms with Crippen molar-refractivity contribution in [1.29, 1.82) is 0 Å². The highest BCUT2D eigenvalue weighted by Gasteiger charge is 2.52. The first-order valence-corrected chi connectivity index (χ1v) is 7.25. The number of carbonyl (C=O) groups excluding carboxylic acids is 4. The second-order valence-electron chi connectivity index (χ2n) is 5.27. The largest absolute Gasteiger partial charge is 0.463 e. The standard InChI is InChI=1S/C14H21NO9/c1-6(16)20-5-10-12(21-7(2)17)13(22-8(3)18)11(15)14(24-10)23-9(4)19/h10-14H,5,15H2,1-4H3/p+1/t10-,11-,12+,13+,14+/m0/s1. The molecule has 5 atom stereocenters. The maximum atomic E-state index is 11.4. The summed E-state index contributed by atoms with van der Waals surface area (Å²) in [5, 5.41) is 0. The van der Waals surface area contributed by atoms with Crippen LogP contribution in [0.3, 0.4) is 0 Å². The minimum Gasteiger partial charge on any atom is -0.463 e. The molecule has 1 rings (SSSR count). The van der Waals surface area contributed by atoms with Crippen molar-refractivity contribution in [1.82, 2.24) is 0 Å². The van der Waals surface area contributed by atoms with Crippen LogP contribution in [-0.4, -0.2) is 61.1 Å². The zero-order valence-electron chi connectivity index (χ0n) is 14.0. The summed E-state index contributed by atoms with van der Waals surface area (Å²) < 4.78 is 25.8. The van der Waals surface area contributed by atoms with E-state index in [0.717, 1.165) is 0 Å². The van der Waals surface area contributed by atoms with Gasteiger partial charge in [0, 0.05) is 27.7 Å². The van der Waals surface area contributed by atoms with Gasteiger partial charge in [0.25, 0.3) is 6.29 Å². The Morgan fingerprint density at radius 3 is 1.79 bits per heavy atom. The van der Waals surface area contributed by atoms with E-state index < -0.39 is 54.5 Å². The molecule has 10 nitrogen and oxygen atoms in total. The molecule has 1 aliphatic heterocycles. The van der Waals surface area contributed by atoms with Gasteiger partial charge in [0.15, 0.2) is 18.2 Å². The van der Waals surface area contributed by atoms with Gasteiger partial charge in [-0.3, -0.25) is 19.2 Å². The van der Waals surface area contributed by atoms with Crippen LogP contribution < -0.4 is 5.73 Å². The molecule has 0 unspecified atom stereocenters. The molecule has 3 N–H and O–H groups in total. The zero-order chi connectivity index (χ0) is 18.4. The minimum atomic E-state index is -1.15. The third-order valence-corrected chi connectivity index (χ3v) is 3.11. The Morgan fingerprint density at radius 2 is 1.33 bits per heavy atom. The number of hydrogen-bond donors (Lipinski definition) is 1. The molecule has 24 heavy (non-hydrogen) atoms. The normalized spacial score (nSPS) is 29.3. The molecule has 0 spiro atoms. The van der Waals surface area contributed by atoms with Gasteiger partial charge >= 0.3 is 23.9 Å². The quantitative estimate of drug-likeness (QED) is 0.455. The van der Waals surface area contributed by atoms with Crippen molar-refractivity contribution >= 4 is 23.9 Å². The van der Waals surface area contributed by atoms with E-state index in [1.807, 2.05) is 0 Å². The predicted octanol–water partition coefficient (Wildman–Crippen LogP) is -1.69. The summed E-state index contributed by atoms with van der Waals surface area (Å²) in [6, 6.07) is -0.851. The topological polar surface area (TPSA) is 142 Å². The molecule has 0 aromatic carbocycles. The average Bonchev–Trinajstić information content (AvgIpc) is 2.42. The van der Waals surface area contributed by atoms with Crippen LogP contribution in [0.1, 0.15) is 27.7 Å². The van der Waals surface area contributed by atoms with Crippen LogP contribution in [0.5, 0.6) is 0 Å². The first-order chi connectivity index (χ1) is 11.1. The van der Waals surface area contributed by atoms with E-state index in [-0.39, 0.29) is 6.61 Å². The van der Waals surface area contributed by atoms with Crippen LogP contribution >= 0.6 is 0 Å². The number of esters is 4. The van der Waals surface area contributed by atoms with Crippen molar-refractivity contribution in [3.8, 4) is 0 Å². The summed E-state index contributed by atoms with van der Waals surface area (Å²) in [6.45, 7) is 4.44. The van der Waals surface area contributed by atoms with Gasteiger partial charge in [-0.2, -0.15) is 0 Å². The molecule has 0 aromatic heterocycles. The second-order valence-corrected chi connectivity index (χ2v) is 5.27. The number of hydrogen-bond acceptors (Lipinski definition) is 9. The molecular formula is C14H22NO9+. The van der Waals surface area contributed by atoms with Gasteiger partial charge in [0.05, 0.1) is 0 Å². The van der Waals surface area contributed by atoms with Gasteiger partial charge in [0.1, 0.15) is 12.7 Å². The summed E-state index contributed by atoms with van der Waals surface area (Å²) in [5.41, 5.74) is 3.78. The molecule has 136 valence electrons. The Balaban J connectivity index is 3.08. The van der Waals surface area contributed by atoms with Gasteiger partial charge < -0.3 is 29.4 Å². The summed E-state index contributed by atoms with van der Waals surface area (Å²) >= 11 is 0. The molecule has 0 amide bonds. The van der Waals surface area contributed by atoms with Crippen LogP contribution in [0.2, 0.25) is 0 Å². The lowest BCUT2D eigenvalue weighted by Gasteiger charge is -2.41. The molecule has 0 radical (unpaired) electrons. The third-order valence-electron chi connectivity index (χ3n) is 3.11. The predicted molar refractivity (Wildman–Crippen MR) is 74.8 cm³/mol. The lowest BCUT2D eigenvalue weighted by Crippen LogP contribution is -2.79. The van der Waals surface area contributed by atoms with E-state index in [9.17, 15) is 19.2 Å². The van der Waals surface area contributed by atoms with Crippen LogP contribution in [-0.2, 0) is 42.9 Å². The van der Waals surface area contributed by atoms with Crippen LogP contribution in [0.15, 0.2) is 0 Å². The molecule has 0 saturated carbocycles. The van der Waals surface area contributed by atoms with Gasteiger partial charge in [-0.25, -0.2) is 0 Å². The van der Waals surface area contributed by atoms with Gasteiger partial charge in [-0.15, -0.1) is 0 Å². The fourth-order valence-electron chi connectivity index (χ4n) is 2.25. The van der Waals surface area contributed by atoms with E-state index in [0.29, 0.717) is 0 Å². The van der Waals surface area contributed by atoms with Gasteiger partial charge in [-0.1, -0.05) is 0 Å². The SMILES string of the molecule is CC(=O)OC[C@@H]1O[C@@H](OC(C)=O)[C@@H]([NH3+])[C@@H](OC(C)=O)[C@@H]1OC(C)=O. The molecule has 0 aliphatic carbocycles. The molecule has 1 aliphatic rings. The molecule has 1 fully saturated rings. The van der Waals surface area contributed by atoms with Crippen LogP contribution in [0.4, 0.5) is 0 Å². The van der Waals surface area contributed by atoms with Crippen LogP contribution in [0, 0.1) is 0 Å². The number of rotatable bonds is 5. The molecular weight excluding hydrogens is 326 g/mol. The van der Waals surface area contributed by atoms with Gasteiger partial charge in [0.2, 0.25) is 0 Å². The monoisotopic (exact) mass is 348 g/mol.